The summed E-state index contributed by atoms with van der Waals surface area (Å²) in [4.78, 5) is 3.95. The first-order valence-corrected chi connectivity index (χ1v) is 6.99. The van der Waals surface area contributed by atoms with Crippen LogP contribution in [0.2, 0.25) is 0 Å². The summed E-state index contributed by atoms with van der Waals surface area (Å²) >= 11 is 0. The van der Waals surface area contributed by atoms with Gasteiger partial charge in [-0.25, -0.2) is 18.5 Å². The molecule has 1 aromatic heterocycles. The average Bonchev–Trinajstić information content (AvgIpc) is 2.56. The van der Waals surface area contributed by atoms with Crippen molar-refractivity contribution < 1.29 is 8.42 Å². The van der Waals surface area contributed by atoms with Gasteiger partial charge in [-0.3, -0.25) is 0 Å². The highest BCUT2D eigenvalue weighted by molar-refractivity contribution is 7.89. The van der Waals surface area contributed by atoms with E-state index in [2.05, 4.69) is 18.8 Å². The van der Waals surface area contributed by atoms with Crippen molar-refractivity contribution in [1.29, 1.82) is 0 Å². The lowest BCUT2D eigenvalue weighted by atomic mass is 10.0. The minimum Gasteiger partial charge on any atom is -0.333 e. The van der Waals surface area contributed by atoms with Gasteiger partial charge in [0.15, 0.2) is 5.03 Å². The Hall–Kier alpha value is -0.880. The van der Waals surface area contributed by atoms with E-state index in [1.54, 1.807) is 6.92 Å². The minimum absolute atomic E-state index is 0.0454. The Morgan fingerprint density at radius 2 is 2.00 bits per heavy atom. The highest BCUT2D eigenvalue weighted by Gasteiger charge is 2.15. The average molecular weight is 245 g/mol. The SMILES string of the molecule is CCC(CC)Cn1cc(S(N)(=O)=O)nc1C. The molecule has 0 aliphatic heterocycles. The van der Waals surface area contributed by atoms with Crippen molar-refractivity contribution in [2.24, 2.45) is 11.1 Å². The molecule has 0 bridgehead atoms. The van der Waals surface area contributed by atoms with Gasteiger partial charge >= 0.3 is 0 Å². The van der Waals surface area contributed by atoms with Crippen LogP contribution in [0.1, 0.15) is 32.5 Å². The van der Waals surface area contributed by atoms with E-state index >= 15 is 0 Å². The van der Waals surface area contributed by atoms with Crippen molar-refractivity contribution in [2.75, 3.05) is 0 Å². The van der Waals surface area contributed by atoms with Gasteiger partial charge in [0.25, 0.3) is 10.0 Å². The first-order chi connectivity index (χ1) is 7.38. The third-order valence-electron chi connectivity index (χ3n) is 2.86. The van der Waals surface area contributed by atoms with Gasteiger partial charge in [0, 0.05) is 12.7 Å². The Bertz CT molecular complexity index is 447. The van der Waals surface area contributed by atoms with Gasteiger partial charge in [-0.05, 0) is 12.8 Å². The second kappa shape index (κ2) is 4.97. The molecule has 92 valence electrons. The molecule has 2 N–H and O–H groups in total. The summed E-state index contributed by atoms with van der Waals surface area (Å²) in [5.74, 6) is 1.23. The zero-order valence-electron chi connectivity index (χ0n) is 9.97. The summed E-state index contributed by atoms with van der Waals surface area (Å²) in [5, 5.41) is 4.99. The summed E-state index contributed by atoms with van der Waals surface area (Å²) in [6, 6.07) is 0. The first kappa shape index (κ1) is 13.2. The summed E-state index contributed by atoms with van der Waals surface area (Å²) < 4.78 is 24.1. The molecule has 6 heteroatoms. The van der Waals surface area contributed by atoms with Crippen molar-refractivity contribution in [3.05, 3.63) is 12.0 Å². The Balaban J connectivity index is 2.94. The van der Waals surface area contributed by atoms with Gasteiger partial charge in [0.1, 0.15) is 5.82 Å². The maximum Gasteiger partial charge on any atom is 0.257 e. The lowest BCUT2D eigenvalue weighted by Gasteiger charge is -2.13. The third kappa shape index (κ3) is 3.05. The Morgan fingerprint density at radius 3 is 2.38 bits per heavy atom. The molecule has 0 saturated carbocycles. The molecule has 0 aromatic carbocycles. The van der Waals surface area contributed by atoms with E-state index in [4.69, 9.17) is 5.14 Å². The fourth-order valence-electron chi connectivity index (χ4n) is 1.63. The van der Waals surface area contributed by atoms with E-state index in [0.717, 1.165) is 19.4 Å². The van der Waals surface area contributed by atoms with Crippen LogP contribution < -0.4 is 5.14 Å². The van der Waals surface area contributed by atoms with E-state index < -0.39 is 10.0 Å². The third-order valence-corrected chi connectivity index (χ3v) is 3.63. The van der Waals surface area contributed by atoms with Crippen LogP contribution >= 0.6 is 0 Å². The molecule has 0 atom stereocenters. The highest BCUT2D eigenvalue weighted by atomic mass is 32.2. The number of nitrogens with two attached hydrogens (primary N) is 1. The van der Waals surface area contributed by atoms with Gasteiger partial charge in [-0.2, -0.15) is 0 Å². The Morgan fingerprint density at radius 1 is 1.44 bits per heavy atom. The maximum absolute atomic E-state index is 11.1. The molecule has 0 aliphatic rings. The molecule has 0 aliphatic carbocycles. The van der Waals surface area contributed by atoms with Crippen LogP contribution in [0, 0.1) is 12.8 Å². The zero-order chi connectivity index (χ0) is 12.3. The van der Waals surface area contributed by atoms with Crippen molar-refractivity contribution in [3.8, 4) is 0 Å². The van der Waals surface area contributed by atoms with E-state index in [-0.39, 0.29) is 5.03 Å². The largest absolute Gasteiger partial charge is 0.333 e. The number of nitrogens with zero attached hydrogens (tertiary/aromatic N) is 2. The van der Waals surface area contributed by atoms with Crippen molar-refractivity contribution >= 4 is 10.0 Å². The molecule has 0 spiro atoms. The number of hydrogen-bond donors (Lipinski definition) is 1. The second-order valence-corrected chi connectivity index (χ2v) is 5.51. The zero-order valence-corrected chi connectivity index (χ0v) is 10.8. The number of rotatable bonds is 5. The predicted octanol–water partition coefficient (Wildman–Crippen LogP) is 1.28. The molecular weight excluding hydrogens is 226 g/mol. The van der Waals surface area contributed by atoms with Crippen molar-refractivity contribution in [1.82, 2.24) is 9.55 Å². The molecule has 1 aromatic rings. The van der Waals surface area contributed by atoms with Crippen molar-refractivity contribution in [3.63, 3.8) is 0 Å². The summed E-state index contributed by atoms with van der Waals surface area (Å²) in [6.45, 7) is 6.83. The van der Waals surface area contributed by atoms with Crippen LogP contribution in [-0.4, -0.2) is 18.0 Å². The Labute approximate surface area is 96.7 Å². The van der Waals surface area contributed by atoms with Crippen molar-refractivity contribution in [2.45, 2.75) is 45.2 Å². The van der Waals surface area contributed by atoms with Crippen LogP contribution in [0.4, 0.5) is 0 Å². The molecule has 0 radical (unpaired) electrons. The molecule has 16 heavy (non-hydrogen) atoms. The summed E-state index contributed by atoms with van der Waals surface area (Å²) in [5.41, 5.74) is 0. The van der Waals surface area contributed by atoms with Gasteiger partial charge < -0.3 is 4.57 Å². The van der Waals surface area contributed by atoms with Crippen LogP contribution in [0.15, 0.2) is 11.2 Å². The first-order valence-electron chi connectivity index (χ1n) is 5.45. The molecule has 1 rings (SSSR count). The fourth-order valence-corrected chi connectivity index (χ4v) is 2.16. The lowest BCUT2D eigenvalue weighted by molar-refractivity contribution is 0.413. The second-order valence-electron chi connectivity index (χ2n) is 4.01. The number of aromatic nitrogens is 2. The minimum atomic E-state index is -3.69. The monoisotopic (exact) mass is 245 g/mol. The molecule has 5 nitrogen and oxygen atoms in total. The fraction of sp³-hybridized carbons (Fsp3) is 0.700. The smallest absolute Gasteiger partial charge is 0.257 e. The van der Waals surface area contributed by atoms with E-state index in [1.807, 2.05) is 4.57 Å². The van der Waals surface area contributed by atoms with E-state index in [1.165, 1.54) is 6.20 Å². The van der Waals surface area contributed by atoms with E-state index in [9.17, 15) is 8.42 Å². The van der Waals surface area contributed by atoms with Crippen LogP contribution in [0.3, 0.4) is 0 Å². The lowest BCUT2D eigenvalue weighted by Crippen LogP contribution is -2.12. The number of sulfonamides is 1. The van der Waals surface area contributed by atoms with E-state index in [0.29, 0.717) is 11.7 Å². The topological polar surface area (TPSA) is 78.0 Å². The standard InChI is InChI=1S/C10H19N3O2S/c1-4-9(5-2)6-13-7-10(12-8(13)3)16(11,14)15/h7,9H,4-6H2,1-3H3,(H2,11,14,15). The molecule has 0 saturated heterocycles. The maximum atomic E-state index is 11.1. The predicted molar refractivity (Wildman–Crippen MR) is 62.4 cm³/mol. The molecule has 0 amide bonds. The number of hydrogen-bond acceptors (Lipinski definition) is 3. The van der Waals surface area contributed by atoms with Crippen LogP contribution in [0.5, 0.6) is 0 Å². The highest BCUT2D eigenvalue weighted by Crippen LogP contribution is 2.14. The molecule has 0 unspecified atom stereocenters. The number of aryl methyl sites for hydroxylation is 1. The van der Waals surface area contributed by atoms with Gasteiger partial charge in [-0.15, -0.1) is 0 Å². The Kier molecular flexibility index (Phi) is 4.09. The van der Waals surface area contributed by atoms with Gasteiger partial charge in [-0.1, -0.05) is 26.7 Å². The van der Waals surface area contributed by atoms with Crippen LogP contribution in [0.25, 0.3) is 0 Å². The molecule has 1 heterocycles. The normalized spacial score (nSPS) is 12.3. The van der Waals surface area contributed by atoms with Crippen LogP contribution in [-0.2, 0) is 16.6 Å². The molecule has 0 fully saturated rings. The summed E-state index contributed by atoms with van der Waals surface area (Å²) in [7, 11) is -3.69. The quantitative estimate of drug-likeness (QED) is 0.848. The molecular formula is C10H19N3O2S. The number of primary sulfonamides is 1. The number of imidazole rings is 1. The van der Waals surface area contributed by atoms with Gasteiger partial charge in [0.05, 0.1) is 0 Å². The van der Waals surface area contributed by atoms with Gasteiger partial charge in [0.2, 0.25) is 0 Å². The summed E-state index contributed by atoms with van der Waals surface area (Å²) in [6.07, 6.45) is 3.65.